The Morgan fingerprint density at radius 2 is 1.89 bits per heavy atom. The van der Waals surface area contributed by atoms with Crippen LogP contribution in [0.1, 0.15) is 27.0 Å². The van der Waals surface area contributed by atoms with Gasteiger partial charge in [0, 0.05) is 56.4 Å². The van der Waals surface area contributed by atoms with Gasteiger partial charge in [-0.1, -0.05) is 24.8 Å². The molecule has 10 heteroatoms. The summed E-state index contributed by atoms with van der Waals surface area (Å²) in [6.07, 6.45) is -1.87. The van der Waals surface area contributed by atoms with Crippen molar-refractivity contribution in [2.24, 2.45) is 11.5 Å². The zero-order valence-electron chi connectivity index (χ0n) is 19.5. The summed E-state index contributed by atoms with van der Waals surface area (Å²) < 4.78 is 41.8. The van der Waals surface area contributed by atoms with Gasteiger partial charge in [-0.2, -0.15) is 13.2 Å². The summed E-state index contributed by atoms with van der Waals surface area (Å²) in [5.41, 5.74) is 11.4. The highest BCUT2D eigenvalue weighted by Gasteiger charge is 2.35. The minimum Gasteiger partial charge on any atom is -0.403 e. The summed E-state index contributed by atoms with van der Waals surface area (Å²) in [6.45, 7) is 4.02. The lowest BCUT2D eigenvalue weighted by molar-refractivity contribution is -0.138. The van der Waals surface area contributed by atoms with Gasteiger partial charge in [0.15, 0.2) is 0 Å². The standard InChI is InChI=1S/C25H30F3N5O2/c1-3-24(35)33(15-20(30)13-29)10-9-31-14-18-11-19(17-34)22(23(12-18)25(26,27)28)16-32(2)21-7-5-4-6-8-21/h3-8,11-13,17,31H,1,9-10,14-16,29-30H2,2H3/b20-13-. The molecular formula is C25H30F3N5O2. The number of rotatable bonds is 12. The molecule has 0 saturated heterocycles. The molecule has 0 heterocycles. The van der Waals surface area contributed by atoms with Crippen LogP contribution >= 0.6 is 0 Å². The van der Waals surface area contributed by atoms with Gasteiger partial charge in [-0.05, 0) is 41.5 Å². The van der Waals surface area contributed by atoms with Crippen molar-refractivity contribution in [2.75, 3.05) is 31.6 Å². The number of carbonyl (C=O) groups excluding carboxylic acids is 2. The van der Waals surface area contributed by atoms with Gasteiger partial charge >= 0.3 is 6.18 Å². The smallest absolute Gasteiger partial charge is 0.403 e. The Balaban J connectivity index is 2.19. The fourth-order valence-corrected chi connectivity index (χ4v) is 3.52. The number of para-hydroxylation sites is 1. The van der Waals surface area contributed by atoms with E-state index in [1.54, 1.807) is 36.2 Å². The minimum atomic E-state index is -4.64. The maximum Gasteiger partial charge on any atom is 0.416 e. The number of halogens is 3. The van der Waals surface area contributed by atoms with Gasteiger partial charge < -0.3 is 26.6 Å². The number of alkyl halides is 3. The molecule has 0 unspecified atom stereocenters. The molecule has 0 aromatic heterocycles. The van der Waals surface area contributed by atoms with E-state index in [0.29, 0.717) is 17.5 Å². The van der Waals surface area contributed by atoms with E-state index < -0.39 is 11.7 Å². The average molecular weight is 490 g/mol. The molecule has 0 aliphatic heterocycles. The maximum atomic E-state index is 13.9. The Morgan fingerprint density at radius 1 is 1.20 bits per heavy atom. The molecule has 0 atom stereocenters. The minimum absolute atomic E-state index is 0.0243. The largest absolute Gasteiger partial charge is 0.416 e. The second-order valence-corrected chi connectivity index (χ2v) is 7.90. The molecular weight excluding hydrogens is 459 g/mol. The molecule has 0 spiro atoms. The third-order valence-electron chi connectivity index (χ3n) is 5.33. The lowest BCUT2D eigenvalue weighted by atomic mass is 9.96. The van der Waals surface area contributed by atoms with Crippen LogP contribution in [0.25, 0.3) is 0 Å². The highest BCUT2D eigenvalue weighted by Crippen LogP contribution is 2.35. The van der Waals surface area contributed by atoms with Gasteiger partial charge in [0.1, 0.15) is 6.29 Å². The van der Waals surface area contributed by atoms with Crippen LogP contribution in [0.4, 0.5) is 18.9 Å². The van der Waals surface area contributed by atoms with Crippen LogP contribution in [0.15, 0.2) is 67.0 Å². The van der Waals surface area contributed by atoms with Gasteiger partial charge in [0.05, 0.1) is 12.1 Å². The van der Waals surface area contributed by atoms with Gasteiger partial charge in [0.25, 0.3) is 0 Å². The van der Waals surface area contributed by atoms with Gasteiger partial charge in [-0.3, -0.25) is 9.59 Å². The van der Waals surface area contributed by atoms with Crippen LogP contribution in [0, 0.1) is 0 Å². The van der Waals surface area contributed by atoms with E-state index in [1.807, 2.05) is 6.07 Å². The molecule has 0 saturated carbocycles. The second-order valence-electron chi connectivity index (χ2n) is 7.90. The van der Waals surface area contributed by atoms with Crippen molar-refractivity contribution in [3.05, 3.63) is 89.3 Å². The van der Waals surface area contributed by atoms with Crippen LogP contribution in [0.5, 0.6) is 0 Å². The highest BCUT2D eigenvalue weighted by molar-refractivity contribution is 5.87. The number of benzene rings is 2. The molecule has 2 aromatic rings. The first-order valence-electron chi connectivity index (χ1n) is 10.8. The van der Waals surface area contributed by atoms with Crippen LogP contribution in [-0.4, -0.2) is 43.8 Å². The number of nitrogens with two attached hydrogens (primary N) is 2. The number of hydrogen-bond donors (Lipinski definition) is 3. The van der Waals surface area contributed by atoms with Crippen molar-refractivity contribution >= 4 is 17.9 Å². The summed E-state index contributed by atoms with van der Waals surface area (Å²) in [4.78, 5) is 26.8. The number of aldehydes is 1. The van der Waals surface area contributed by atoms with E-state index in [2.05, 4.69) is 11.9 Å². The lowest BCUT2D eigenvalue weighted by Gasteiger charge is -2.24. The Labute approximate surface area is 202 Å². The van der Waals surface area contributed by atoms with Crippen LogP contribution < -0.4 is 21.7 Å². The number of anilines is 1. The van der Waals surface area contributed by atoms with Crippen LogP contribution in [0.2, 0.25) is 0 Å². The number of hydrogen-bond acceptors (Lipinski definition) is 6. The third kappa shape index (κ3) is 7.89. The molecule has 188 valence electrons. The number of amides is 1. The topological polar surface area (TPSA) is 105 Å². The summed E-state index contributed by atoms with van der Waals surface area (Å²) in [5.74, 6) is -0.355. The zero-order chi connectivity index (χ0) is 26.0. The predicted octanol–water partition coefficient (Wildman–Crippen LogP) is 3.02. The lowest BCUT2D eigenvalue weighted by Crippen LogP contribution is -2.38. The first kappa shape index (κ1) is 27.5. The van der Waals surface area contributed by atoms with E-state index >= 15 is 0 Å². The molecule has 35 heavy (non-hydrogen) atoms. The van der Waals surface area contributed by atoms with E-state index in [4.69, 9.17) is 11.5 Å². The van der Waals surface area contributed by atoms with E-state index in [9.17, 15) is 22.8 Å². The SMILES string of the molecule is C=CC(=O)N(CCNCc1cc(C=O)c(CN(C)c2ccccc2)c(C(F)(F)F)c1)C/C(N)=C/N. The van der Waals surface area contributed by atoms with Gasteiger partial charge in [-0.25, -0.2) is 0 Å². The molecule has 0 aliphatic carbocycles. The molecule has 7 nitrogen and oxygen atoms in total. The summed E-state index contributed by atoms with van der Waals surface area (Å²) in [5, 5.41) is 3.01. The Bertz CT molecular complexity index is 1060. The molecule has 0 radical (unpaired) electrons. The van der Waals surface area contributed by atoms with Gasteiger partial charge in [-0.15, -0.1) is 0 Å². The number of nitrogens with zero attached hydrogens (tertiary/aromatic N) is 2. The summed E-state index contributed by atoms with van der Waals surface area (Å²) >= 11 is 0. The fourth-order valence-electron chi connectivity index (χ4n) is 3.52. The van der Waals surface area contributed by atoms with Crippen molar-refractivity contribution in [3.8, 4) is 0 Å². The maximum absolute atomic E-state index is 13.9. The Morgan fingerprint density at radius 3 is 2.46 bits per heavy atom. The second kappa shape index (κ2) is 12.6. The van der Waals surface area contributed by atoms with Crippen molar-refractivity contribution < 1.29 is 22.8 Å². The first-order valence-corrected chi connectivity index (χ1v) is 10.8. The third-order valence-corrected chi connectivity index (χ3v) is 5.33. The normalized spacial score (nSPS) is 11.7. The molecule has 0 fully saturated rings. The zero-order valence-corrected chi connectivity index (χ0v) is 19.5. The first-order chi connectivity index (χ1) is 16.6. The number of nitrogens with one attached hydrogen (secondary N) is 1. The van der Waals surface area contributed by atoms with Crippen molar-refractivity contribution in [1.82, 2.24) is 10.2 Å². The van der Waals surface area contributed by atoms with Crippen LogP contribution in [-0.2, 0) is 24.1 Å². The van der Waals surface area contributed by atoms with E-state index in [0.717, 1.165) is 17.8 Å². The van der Waals surface area contributed by atoms with E-state index in [1.165, 1.54) is 17.2 Å². The Hall–Kier alpha value is -3.79. The monoisotopic (exact) mass is 489 g/mol. The van der Waals surface area contributed by atoms with Crippen LogP contribution in [0.3, 0.4) is 0 Å². The molecule has 1 amide bonds. The molecule has 0 bridgehead atoms. The molecule has 2 rings (SSSR count). The Kier molecular flexibility index (Phi) is 9.89. The van der Waals surface area contributed by atoms with Gasteiger partial charge in [0.2, 0.25) is 5.91 Å². The fraction of sp³-hybridized carbons (Fsp3) is 0.280. The van der Waals surface area contributed by atoms with Crippen molar-refractivity contribution in [1.29, 1.82) is 0 Å². The summed E-state index contributed by atoms with van der Waals surface area (Å²) in [6, 6.07) is 11.5. The predicted molar refractivity (Wildman–Crippen MR) is 130 cm³/mol. The molecule has 5 N–H and O–H groups in total. The quantitative estimate of drug-likeness (QED) is 0.241. The molecule has 2 aromatic carbocycles. The highest BCUT2D eigenvalue weighted by atomic mass is 19.4. The summed E-state index contributed by atoms with van der Waals surface area (Å²) in [7, 11) is 1.67. The molecule has 0 aliphatic rings. The number of carbonyl (C=O) groups is 2. The van der Waals surface area contributed by atoms with Crippen molar-refractivity contribution in [3.63, 3.8) is 0 Å². The van der Waals surface area contributed by atoms with Crippen molar-refractivity contribution in [2.45, 2.75) is 19.3 Å². The average Bonchev–Trinajstić information content (AvgIpc) is 2.85. The van der Waals surface area contributed by atoms with E-state index in [-0.39, 0.29) is 49.8 Å².